The van der Waals surface area contributed by atoms with Crippen LogP contribution in [0.25, 0.3) is 0 Å². The van der Waals surface area contributed by atoms with E-state index in [1.165, 1.54) is 32.1 Å². The molecule has 2 heterocycles. The fourth-order valence-electron chi connectivity index (χ4n) is 2.44. The summed E-state index contributed by atoms with van der Waals surface area (Å²) in [6, 6.07) is 0. The van der Waals surface area contributed by atoms with Crippen LogP contribution in [0.3, 0.4) is 0 Å². The molecule has 0 aliphatic carbocycles. The van der Waals surface area contributed by atoms with Gasteiger partial charge >= 0.3 is 0 Å². The summed E-state index contributed by atoms with van der Waals surface area (Å²) < 4.78 is 11.4. The van der Waals surface area contributed by atoms with Gasteiger partial charge in [-0.1, -0.05) is 0 Å². The van der Waals surface area contributed by atoms with Gasteiger partial charge in [0, 0.05) is 26.3 Å². The summed E-state index contributed by atoms with van der Waals surface area (Å²) in [6.07, 6.45) is 6.59. The van der Waals surface area contributed by atoms with Gasteiger partial charge in [-0.05, 0) is 39.0 Å². The second-order valence-electron chi connectivity index (χ2n) is 5.02. The average Bonchev–Trinajstić information content (AvgIpc) is 2.67. The van der Waals surface area contributed by atoms with Gasteiger partial charge in [-0.2, -0.15) is 0 Å². The Morgan fingerprint density at radius 3 is 2.87 bits per heavy atom. The third kappa shape index (κ3) is 3.44. The van der Waals surface area contributed by atoms with Crippen molar-refractivity contribution in [1.29, 1.82) is 0 Å². The van der Waals surface area contributed by atoms with Crippen molar-refractivity contribution in [3.05, 3.63) is 0 Å². The minimum absolute atomic E-state index is 0.0780. The largest absolute Gasteiger partial charge is 0.377 e. The summed E-state index contributed by atoms with van der Waals surface area (Å²) in [5, 5.41) is 3.49. The number of hydrogen-bond donors (Lipinski definition) is 1. The summed E-state index contributed by atoms with van der Waals surface area (Å²) in [6.45, 7) is 6.03. The first-order chi connectivity index (χ1) is 7.29. The van der Waals surface area contributed by atoms with E-state index < -0.39 is 0 Å². The van der Waals surface area contributed by atoms with Gasteiger partial charge in [-0.25, -0.2) is 0 Å². The van der Waals surface area contributed by atoms with Crippen molar-refractivity contribution in [3.63, 3.8) is 0 Å². The van der Waals surface area contributed by atoms with Crippen LogP contribution >= 0.6 is 0 Å². The zero-order chi connectivity index (χ0) is 10.6. The Balaban J connectivity index is 1.61. The normalized spacial score (nSPS) is 37.0. The molecule has 1 N–H and O–H groups in total. The van der Waals surface area contributed by atoms with Crippen LogP contribution in [0.5, 0.6) is 0 Å². The van der Waals surface area contributed by atoms with E-state index in [0.29, 0.717) is 6.10 Å². The molecular formula is C12H23NO2. The molecule has 0 aromatic rings. The van der Waals surface area contributed by atoms with Crippen molar-refractivity contribution in [3.8, 4) is 0 Å². The third-order valence-corrected chi connectivity index (χ3v) is 3.45. The van der Waals surface area contributed by atoms with Crippen LogP contribution in [-0.4, -0.2) is 38.0 Å². The van der Waals surface area contributed by atoms with Crippen molar-refractivity contribution in [2.45, 2.75) is 50.7 Å². The summed E-state index contributed by atoms with van der Waals surface area (Å²) in [7, 11) is 0. The standard InChI is InChI=1S/C12H23NO2/c1-12(6-4-8-15-12)10-13-9-11-5-2-3-7-14-11/h11,13H,2-10H2,1H3. The minimum atomic E-state index is 0.0780. The highest BCUT2D eigenvalue weighted by Gasteiger charge is 2.29. The van der Waals surface area contributed by atoms with E-state index in [9.17, 15) is 0 Å². The molecule has 0 aromatic heterocycles. The van der Waals surface area contributed by atoms with Crippen LogP contribution in [-0.2, 0) is 9.47 Å². The Morgan fingerprint density at radius 2 is 2.20 bits per heavy atom. The Labute approximate surface area is 92.5 Å². The highest BCUT2D eigenvalue weighted by atomic mass is 16.5. The summed E-state index contributed by atoms with van der Waals surface area (Å²) in [5.41, 5.74) is 0.0780. The van der Waals surface area contributed by atoms with Gasteiger partial charge in [0.2, 0.25) is 0 Å². The Kier molecular flexibility index (Phi) is 4.00. The van der Waals surface area contributed by atoms with E-state index >= 15 is 0 Å². The van der Waals surface area contributed by atoms with Crippen LogP contribution in [0, 0.1) is 0 Å². The molecule has 3 nitrogen and oxygen atoms in total. The first-order valence-corrected chi connectivity index (χ1v) is 6.25. The highest BCUT2D eigenvalue weighted by molar-refractivity contribution is 4.83. The van der Waals surface area contributed by atoms with Gasteiger partial charge in [0.15, 0.2) is 0 Å². The maximum Gasteiger partial charge on any atom is 0.0779 e. The van der Waals surface area contributed by atoms with E-state index in [1.807, 2.05) is 0 Å². The van der Waals surface area contributed by atoms with E-state index in [2.05, 4.69) is 12.2 Å². The van der Waals surface area contributed by atoms with Gasteiger partial charge in [-0.3, -0.25) is 0 Å². The number of rotatable bonds is 4. The van der Waals surface area contributed by atoms with Gasteiger partial charge in [-0.15, -0.1) is 0 Å². The quantitative estimate of drug-likeness (QED) is 0.771. The fourth-order valence-corrected chi connectivity index (χ4v) is 2.44. The molecule has 15 heavy (non-hydrogen) atoms. The Bertz CT molecular complexity index is 184. The average molecular weight is 213 g/mol. The minimum Gasteiger partial charge on any atom is -0.377 e. The zero-order valence-electron chi connectivity index (χ0n) is 9.76. The summed E-state index contributed by atoms with van der Waals surface area (Å²) in [4.78, 5) is 0. The number of ether oxygens (including phenoxy) is 2. The molecule has 2 fully saturated rings. The molecule has 2 rings (SSSR count). The van der Waals surface area contributed by atoms with E-state index in [1.54, 1.807) is 0 Å². The maximum atomic E-state index is 5.73. The molecule has 2 saturated heterocycles. The third-order valence-electron chi connectivity index (χ3n) is 3.45. The molecule has 2 aliphatic heterocycles. The van der Waals surface area contributed by atoms with Crippen molar-refractivity contribution in [2.24, 2.45) is 0 Å². The monoisotopic (exact) mass is 213 g/mol. The van der Waals surface area contributed by atoms with Crippen molar-refractivity contribution in [1.82, 2.24) is 5.32 Å². The van der Waals surface area contributed by atoms with Crippen LogP contribution < -0.4 is 5.32 Å². The topological polar surface area (TPSA) is 30.5 Å². The van der Waals surface area contributed by atoms with E-state index in [4.69, 9.17) is 9.47 Å². The van der Waals surface area contributed by atoms with Gasteiger partial charge < -0.3 is 14.8 Å². The molecule has 0 radical (unpaired) electrons. The molecule has 2 aliphatic rings. The number of hydrogen-bond acceptors (Lipinski definition) is 3. The van der Waals surface area contributed by atoms with Gasteiger partial charge in [0.1, 0.15) is 0 Å². The molecule has 0 bridgehead atoms. The predicted molar refractivity (Wildman–Crippen MR) is 60.1 cm³/mol. The van der Waals surface area contributed by atoms with Crippen molar-refractivity contribution >= 4 is 0 Å². The lowest BCUT2D eigenvalue weighted by atomic mass is 10.0. The summed E-state index contributed by atoms with van der Waals surface area (Å²) >= 11 is 0. The molecule has 0 aromatic carbocycles. The Morgan fingerprint density at radius 1 is 1.27 bits per heavy atom. The van der Waals surface area contributed by atoms with Gasteiger partial charge in [0.25, 0.3) is 0 Å². The van der Waals surface area contributed by atoms with E-state index in [0.717, 1.165) is 26.3 Å². The molecule has 0 spiro atoms. The first kappa shape index (κ1) is 11.4. The molecule has 3 heteroatoms. The lowest BCUT2D eigenvalue weighted by Crippen LogP contribution is -2.41. The molecule has 2 unspecified atom stereocenters. The fraction of sp³-hybridized carbons (Fsp3) is 1.00. The lowest BCUT2D eigenvalue weighted by molar-refractivity contribution is 0.000564. The van der Waals surface area contributed by atoms with Crippen molar-refractivity contribution < 1.29 is 9.47 Å². The smallest absolute Gasteiger partial charge is 0.0779 e. The zero-order valence-corrected chi connectivity index (χ0v) is 9.76. The van der Waals surface area contributed by atoms with Gasteiger partial charge in [0.05, 0.1) is 11.7 Å². The van der Waals surface area contributed by atoms with Crippen LogP contribution in [0.2, 0.25) is 0 Å². The van der Waals surface area contributed by atoms with Crippen LogP contribution in [0.15, 0.2) is 0 Å². The second-order valence-corrected chi connectivity index (χ2v) is 5.02. The molecule has 0 saturated carbocycles. The van der Waals surface area contributed by atoms with E-state index in [-0.39, 0.29) is 5.60 Å². The van der Waals surface area contributed by atoms with Crippen molar-refractivity contribution in [2.75, 3.05) is 26.3 Å². The molecule has 2 atom stereocenters. The first-order valence-electron chi connectivity index (χ1n) is 6.25. The predicted octanol–water partition coefficient (Wildman–Crippen LogP) is 1.71. The number of nitrogens with one attached hydrogen (secondary N) is 1. The Hall–Kier alpha value is -0.120. The second kappa shape index (κ2) is 5.28. The SMILES string of the molecule is CC1(CNCC2CCCCO2)CCCO1. The maximum absolute atomic E-state index is 5.73. The highest BCUT2D eigenvalue weighted by Crippen LogP contribution is 2.24. The lowest BCUT2D eigenvalue weighted by Gasteiger charge is -2.27. The molecule has 88 valence electrons. The van der Waals surface area contributed by atoms with Crippen LogP contribution in [0.1, 0.15) is 39.0 Å². The summed E-state index contributed by atoms with van der Waals surface area (Å²) in [5.74, 6) is 0. The van der Waals surface area contributed by atoms with Crippen LogP contribution in [0.4, 0.5) is 0 Å². The molecular weight excluding hydrogens is 190 g/mol. The molecule has 0 amide bonds.